The van der Waals surface area contributed by atoms with Crippen molar-refractivity contribution in [2.24, 2.45) is 0 Å². The van der Waals surface area contributed by atoms with E-state index in [9.17, 15) is 45.3 Å². The molecule has 0 unspecified atom stereocenters. The molecule has 2 rings (SSSR count). The second-order valence-electron chi connectivity index (χ2n) is 12.1. The van der Waals surface area contributed by atoms with Crippen LogP contribution in [0.25, 0.3) is 0 Å². The van der Waals surface area contributed by atoms with Crippen molar-refractivity contribution in [3.63, 3.8) is 0 Å². The van der Waals surface area contributed by atoms with Gasteiger partial charge in [0.05, 0.1) is 0 Å². The Kier molecular flexibility index (Phi) is 9.80. The lowest BCUT2D eigenvalue weighted by Gasteiger charge is -2.41. The highest BCUT2D eigenvalue weighted by atomic mass is 19.4. The molecular weight excluding hydrogens is 620 g/mol. The van der Waals surface area contributed by atoms with Crippen LogP contribution in [0, 0.1) is 0 Å². The van der Waals surface area contributed by atoms with Crippen molar-refractivity contribution in [2.75, 3.05) is 0 Å². The first kappa shape index (κ1) is 37.4. The minimum atomic E-state index is -7.77. The third-order valence-corrected chi connectivity index (χ3v) is 7.52. The molecule has 0 aromatic heterocycles. The molecule has 0 aliphatic carbocycles. The van der Waals surface area contributed by atoms with Crippen LogP contribution in [0.1, 0.15) is 112 Å². The number of rotatable bonds is 11. The lowest BCUT2D eigenvalue weighted by molar-refractivity contribution is -0.429. The summed E-state index contributed by atoms with van der Waals surface area (Å²) in [7, 11) is 0. The van der Waals surface area contributed by atoms with Crippen LogP contribution in [-0.4, -0.2) is 33.9 Å². The van der Waals surface area contributed by atoms with Gasteiger partial charge in [0, 0.05) is 11.1 Å². The highest BCUT2D eigenvalue weighted by Crippen LogP contribution is 2.64. The van der Waals surface area contributed by atoms with Gasteiger partial charge in [-0.1, -0.05) is 55.4 Å². The maximum Gasteiger partial charge on any atom is 0.385 e. The molecular formula is C30H34F12O2. The number of phenolic OH excluding ortho intramolecular Hbond substituents is 2. The summed E-state index contributed by atoms with van der Waals surface area (Å²) in [6.07, 6.45) is 0. The average Bonchev–Trinajstić information content (AvgIpc) is 2.87. The number of alkyl halides is 12. The van der Waals surface area contributed by atoms with Crippen molar-refractivity contribution in [3.05, 3.63) is 57.6 Å². The van der Waals surface area contributed by atoms with Crippen LogP contribution in [-0.2, 0) is 11.8 Å². The Bertz CT molecular complexity index is 1200. The molecule has 44 heavy (non-hydrogen) atoms. The standard InChI is InChI=1S/C30H34F12O2/c1-13(2)19-9-17(10-20(14(3)4)23(19)43)25(31,32)27(35,36)29(39,40)30(41,42)28(37,38)26(33,34)18-11-21(15(5)6)24(44)22(12-18)16(7)8/h9-16,43-44H,1-8H3. The first-order chi connectivity index (χ1) is 19.5. The minimum absolute atomic E-state index is 0.137. The fraction of sp³-hybridized carbons (Fsp3) is 0.600. The predicted molar refractivity (Wildman–Crippen MR) is 140 cm³/mol. The van der Waals surface area contributed by atoms with E-state index in [2.05, 4.69) is 0 Å². The van der Waals surface area contributed by atoms with Gasteiger partial charge in [0.2, 0.25) is 0 Å². The third kappa shape index (κ3) is 5.48. The van der Waals surface area contributed by atoms with Gasteiger partial charge in [0.15, 0.2) is 0 Å². The maximum atomic E-state index is 15.2. The summed E-state index contributed by atoms with van der Waals surface area (Å²) in [4.78, 5) is 0. The lowest BCUT2D eigenvalue weighted by atomic mass is 9.83. The molecule has 0 saturated carbocycles. The number of aromatic hydroxyl groups is 2. The third-order valence-electron chi connectivity index (χ3n) is 7.52. The number of hydrogen-bond acceptors (Lipinski definition) is 2. The van der Waals surface area contributed by atoms with Crippen LogP contribution in [0.4, 0.5) is 52.7 Å². The minimum Gasteiger partial charge on any atom is -0.507 e. The van der Waals surface area contributed by atoms with Crippen molar-refractivity contribution >= 4 is 0 Å². The smallest absolute Gasteiger partial charge is 0.385 e. The summed E-state index contributed by atoms with van der Waals surface area (Å²) in [5.41, 5.74) is -5.93. The van der Waals surface area contributed by atoms with Gasteiger partial charge in [-0.25, -0.2) is 0 Å². The molecule has 0 heterocycles. The van der Waals surface area contributed by atoms with Crippen molar-refractivity contribution in [3.8, 4) is 11.5 Å². The van der Waals surface area contributed by atoms with E-state index in [0.29, 0.717) is 0 Å². The molecule has 250 valence electrons. The zero-order chi connectivity index (χ0) is 34.8. The Labute approximate surface area is 247 Å². The first-order valence-electron chi connectivity index (χ1n) is 13.5. The van der Waals surface area contributed by atoms with Crippen molar-refractivity contribution < 1.29 is 62.9 Å². The number of benzene rings is 2. The molecule has 0 bridgehead atoms. The second kappa shape index (κ2) is 11.5. The van der Waals surface area contributed by atoms with E-state index in [1.165, 1.54) is 55.4 Å². The molecule has 0 amide bonds. The van der Waals surface area contributed by atoms with E-state index < -0.39 is 104 Å². The van der Waals surface area contributed by atoms with Gasteiger partial charge in [-0.2, -0.15) is 52.7 Å². The fourth-order valence-electron chi connectivity index (χ4n) is 4.63. The summed E-state index contributed by atoms with van der Waals surface area (Å²) < 4.78 is 180. The Morgan fingerprint density at radius 3 is 0.727 bits per heavy atom. The van der Waals surface area contributed by atoms with Crippen LogP contribution >= 0.6 is 0 Å². The molecule has 0 aliphatic heterocycles. The molecule has 2 N–H and O–H groups in total. The molecule has 0 radical (unpaired) electrons. The molecule has 2 aromatic rings. The predicted octanol–water partition coefficient (Wildman–Crippen LogP) is 11.0. The van der Waals surface area contributed by atoms with E-state index in [-0.39, 0.29) is 24.3 Å². The van der Waals surface area contributed by atoms with Gasteiger partial charge in [-0.3, -0.25) is 0 Å². The number of halogens is 12. The molecule has 2 nitrogen and oxygen atoms in total. The van der Waals surface area contributed by atoms with E-state index in [0.717, 1.165) is 0 Å². The second-order valence-corrected chi connectivity index (χ2v) is 12.1. The number of hydrogen-bond donors (Lipinski definition) is 2. The molecule has 0 fully saturated rings. The van der Waals surface area contributed by atoms with Crippen molar-refractivity contribution in [1.29, 1.82) is 0 Å². The van der Waals surface area contributed by atoms with Crippen molar-refractivity contribution in [1.82, 2.24) is 0 Å². The lowest BCUT2D eigenvalue weighted by Crippen LogP contribution is -2.69. The van der Waals surface area contributed by atoms with Crippen molar-refractivity contribution in [2.45, 2.75) is 115 Å². The SMILES string of the molecule is CC(C)c1cc(C(F)(F)C(F)(F)C(F)(F)C(F)(F)C(F)(F)C(F)(F)c2cc(C(C)C)c(O)c(C(C)C)c2)cc(C(C)C)c1O. The normalized spacial score (nSPS) is 14.5. The topological polar surface area (TPSA) is 40.5 Å². The molecule has 14 heteroatoms. The van der Waals surface area contributed by atoms with Crippen LogP contribution in [0.5, 0.6) is 11.5 Å². The zero-order valence-corrected chi connectivity index (χ0v) is 25.0. The van der Waals surface area contributed by atoms with Gasteiger partial charge in [0.1, 0.15) is 11.5 Å². The van der Waals surface area contributed by atoms with Gasteiger partial charge < -0.3 is 10.2 Å². The van der Waals surface area contributed by atoms with E-state index >= 15 is 17.6 Å². The maximum absolute atomic E-state index is 15.2. The van der Waals surface area contributed by atoms with Gasteiger partial charge in [0.25, 0.3) is 0 Å². The summed E-state index contributed by atoms with van der Waals surface area (Å²) in [6, 6.07) is 0.548. The highest BCUT2D eigenvalue weighted by Gasteiger charge is 2.90. The Morgan fingerprint density at radius 2 is 0.568 bits per heavy atom. The molecule has 0 spiro atoms. The fourth-order valence-corrected chi connectivity index (χ4v) is 4.63. The monoisotopic (exact) mass is 654 g/mol. The van der Waals surface area contributed by atoms with E-state index in [1.807, 2.05) is 0 Å². The quantitative estimate of drug-likeness (QED) is 0.237. The van der Waals surface area contributed by atoms with Crippen LogP contribution in [0.2, 0.25) is 0 Å². The van der Waals surface area contributed by atoms with Gasteiger partial charge >= 0.3 is 35.5 Å². The molecule has 0 saturated heterocycles. The molecule has 2 aromatic carbocycles. The largest absolute Gasteiger partial charge is 0.507 e. The van der Waals surface area contributed by atoms with Crippen LogP contribution in [0.15, 0.2) is 24.3 Å². The van der Waals surface area contributed by atoms with Crippen LogP contribution < -0.4 is 0 Å². The summed E-state index contributed by atoms with van der Waals surface area (Å²) in [5.74, 6) is -47.9. The highest BCUT2D eigenvalue weighted by molar-refractivity contribution is 5.50. The summed E-state index contributed by atoms with van der Waals surface area (Å²) in [5, 5.41) is 20.7. The van der Waals surface area contributed by atoms with Gasteiger partial charge in [-0.05, 0) is 70.2 Å². The summed E-state index contributed by atoms with van der Waals surface area (Å²) in [6.45, 7) is 10.4. The Morgan fingerprint density at radius 1 is 0.386 bits per heavy atom. The first-order valence-corrected chi connectivity index (χ1v) is 13.5. The number of phenols is 2. The Hall–Kier alpha value is -2.80. The zero-order valence-electron chi connectivity index (χ0n) is 25.0. The molecule has 0 aliphatic rings. The van der Waals surface area contributed by atoms with E-state index in [1.54, 1.807) is 0 Å². The summed E-state index contributed by atoms with van der Waals surface area (Å²) >= 11 is 0. The van der Waals surface area contributed by atoms with Crippen LogP contribution in [0.3, 0.4) is 0 Å². The van der Waals surface area contributed by atoms with Gasteiger partial charge in [-0.15, -0.1) is 0 Å². The Balaban J connectivity index is 2.82. The average molecular weight is 655 g/mol. The molecule has 0 atom stereocenters. The van der Waals surface area contributed by atoms with E-state index in [4.69, 9.17) is 0 Å².